The van der Waals surface area contributed by atoms with Crippen molar-refractivity contribution in [3.8, 4) is 0 Å². The first-order chi connectivity index (χ1) is 11.0. The van der Waals surface area contributed by atoms with Crippen LogP contribution in [0.15, 0.2) is 0 Å². The normalized spacial score (nSPS) is 52.4. The van der Waals surface area contributed by atoms with Crippen LogP contribution in [0.4, 0.5) is 0 Å². The van der Waals surface area contributed by atoms with E-state index in [1.807, 2.05) is 0 Å². The third-order valence-corrected chi connectivity index (χ3v) is 9.13. The van der Waals surface area contributed by atoms with Gasteiger partial charge >= 0.3 is 0 Å². The number of aliphatic hydroxyl groups is 1. The second kappa shape index (κ2) is 5.58. The van der Waals surface area contributed by atoms with Crippen LogP contribution in [0.2, 0.25) is 0 Å². The zero-order chi connectivity index (χ0) is 16.2. The molecule has 0 bridgehead atoms. The number of aliphatic hydroxyl groups excluding tert-OH is 1. The van der Waals surface area contributed by atoms with Gasteiger partial charge in [0.05, 0.1) is 0 Å². The van der Waals surface area contributed by atoms with Gasteiger partial charge in [0.2, 0.25) is 0 Å². The monoisotopic (exact) mass is 318 g/mol. The Kier molecular flexibility index (Phi) is 3.91. The molecule has 1 N–H and O–H groups in total. The smallest absolute Gasteiger partial charge is 0.161 e. The number of ketones is 1. The Hall–Kier alpha value is -0.370. The Bertz CT molecular complexity index is 486. The molecule has 23 heavy (non-hydrogen) atoms. The summed E-state index contributed by atoms with van der Waals surface area (Å²) in [5.41, 5.74) is 0.764. The van der Waals surface area contributed by atoms with Gasteiger partial charge in [-0.05, 0) is 85.9 Å². The van der Waals surface area contributed by atoms with Crippen molar-refractivity contribution in [2.45, 2.75) is 78.1 Å². The van der Waals surface area contributed by atoms with E-state index >= 15 is 0 Å². The summed E-state index contributed by atoms with van der Waals surface area (Å²) >= 11 is 0. The van der Waals surface area contributed by atoms with Crippen molar-refractivity contribution in [1.29, 1.82) is 0 Å². The van der Waals surface area contributed by atoms with Crippen LogP contribution in [-0.4, -0.2) is 17.5 Å². The van der Waals surface area contributed by atoms with Gasteiger partial charge in [0, 0.05) is 5.92 Å². The maximum atomic E-state index is 12.3. The van der Waals surface area contributed by atoms with Gasteiger partial charge in [-0.25, -0.2) is 0 Å². The van der Waals surface area contributed by atoms with Crippen molar-refractivity contribution in [2.75, 3.05) is 6.61 Å². The van der Waals surface area contributed by atoms with Gasteiger partial charge in [0.15, 0.2) is 5.78 Å². The fourth-order valence-corrected chi connectivity index (χ4v) is 7.93. The molecule has 7 atom stereocenters. The lowest BCUT2D eigenvalue weighted by Crippen LogP contribution is -2.53. The molecule has 2 unspecified atom stereocenters. The fourth-order valence-electron chi connectivity index (χ4n) is 7.93. The molecule has 4 aliphatic carbocycles. The molecule has 130 valence electrons. The van der Waals surface area contributed by atoms with Crippen molar-refractivity contribution in [3.63, 3.8) is 0 Å². The SMILES string of the molecule is CC12CCCC[C@@H]1CC[C@@H]1[C@@H]2CCC2(C)[C@@H](C(=O)CO)CC[C@@H]12. The molecule has 0 aromatic heterocycles. The van der Waals surface area contributed by atoms with Crippen LogP contribution in [-0.2, 0) is 4.79 Å². The molecule has 0 aromatic carbocycles. The van der Waals surface area contributed by atoms with E-state index in [0.717, 1.165) is 30.1 Å². The first-order valence-corrected chi connectivity index (χ1v) is 10.1. The summed E-state index contributed by atoms with van der Waals surface area (Å²) in [6.07, 6.45) is 13.5. The standard InChI is InChI=1S/C21H34O2/c1-20-11-4-3-5-14(20)6-7-15-16-8-9-18(19(23)13-22)21(16,2)12-10-17(15)20/h14-18,22H,3-13H2,1-2H3/t14-,15+,16+,17+,18-,20?,21?/m1/s1. The van der Waals surface area contributed by atoms with Gasteiger partial charge in [0.1, 0.15) is 6.61 Å². The van der Waals surface area contributed by atoms with Gasteiger partial charge in [0.25, 0.3) is 0 Å². The molecule has 0 aromatic rings. The summed E-state index contributed by atoms with van der Waals surface area (Å²) in [6.45, 7) is 4.75. The largest absolute Gasteiger partial charge is 0.389 e. The Labute approximate surface area is 141 Å². The summed E-state index contributed by atoms with van der Waals surface area (Å²) in [4.78, 5) is 12.3. The predicted molar refractivity (Wildman–Crippen MR) is 91.9 cm³/mol. The lowest BCUT2D eigenvalue weighted by Gasteiger charge is -2.60. The highest BCUT2D eigenvalue weighted by atomic mass is 16.3. The van der Waals surface area contributed by atoms with Gasteiger partial charge in [-0.1, -0.05) is 26.7 Å². The number of carbonyl (C=O) groups excluding carboxylic acids is 1. The molecule has 0 saturated heterocycles. The topological polar surface area (TPSA) is 37.3 Å². The van der Waals surface area contributed by atoms with Crippen LogP contribution in [0.25, 0.3) is 0 Å². The van der Waals surface area contributed by atoms with Gasteiger partial charge in [-0.3, -0.25) is 4.79 Å². The number of rotatable bonds is 2. The van der Waals surface area contributed by atoms with E-state index in [1.165, 1.54) is 57.8 Å². The van der Waals surface area contributed by atoms with Crippen LogP contribution in [0, 0.1) is 40.4 Å². The molecule has 0 amide bonds. The molecule has 0 heterocycles. The molecule has 0 spiro atoms. The Balaban J connectivity index is 1.61. The Morgan fingerprint density at radius 1 is 0.913 bits per heavy atom. The summed E-state index contributed by atoms with van der Waals surface area (Å²) in [5.74, 6) is 3.72. The molecular weight excluding hydrogens is 284 g/mol. The first-order valence-electron chi connectivity index (χ1n) is 10.1. The highest BCUT2D eigenvalue weighted by Crippen LogP contribution is 2.67. The fraction of sp³-hybridized carbons (Fsp3) is 0.952. The van der Waals surface area contributed by atoms with Gasteiger partial charge in [-0.15, -0.1) is 0 Å². The number of fused-ring (bicyclic) bond motifs is 5. The average molecular weight is 319 g/mol. The molecule has 4 saturated carbocycles. The first kappa shape index (κ1) is 16.1. The van der Waals surface area contributed by atoms with E-state index in [2.05, 4.69) is 13.8 Å². The molecule has 4 rings (SSSR count). The van der Waals surface area contributed by atoms with E-state index in [4.69, 9.17) is 0 Å². The molecule has 4 aliphatic rings. The zero-order valence-corrected chi connectivity index (χ0v) is 15.0. The number of hydrogen-bond acceptors (Lipinski definition) is 2. The second-order valence-electron chi connectivity index (χ2n) is 9.70. The molecule has 0 radical (unpaired) electrons. The van der Waals surface area contributed by atoms with Crippen LogP contribution in [0.3, 0.4) is 0 Å². The molecule has 4 fully saturated rings. The van der Waals surface area contributed by atoms with E-state index in [-0.39, 0.29) is 23.7 Å². The predicted octanol–water partition coefficient (Wildman–Crippen LogP) is 4.60. The number of Topliss-reactive ketones (excluding diaryl/α,β-unsaturated/α-hetero) is 1. The summed E-state index contributed by atoms with van der Waals surface area (Å²) in [7, 11) is 0. The molecule has 2 nitrogen and oxygen atoms in total. The summed E-state index contributed by atoms with van der Waals surface area (Å²) in [6, 6.07) is 0. The van der Waals surface area contributed by atoms with Crippen molar-refractivity contribution in [2.24, 2.45) is 40.4 Å². The van der Waals surface area contributed by atoms with E-state index in [9.17, 15) is 9.90 Å². The minimum Gasteiger partial charge on any atom is -0.389 e. The summed E-state index contributed by atoms with van der Waals surface area (Å²) < 4.78 is 0. The lowest BCUT2D eigenvalue weighted by molar-refractivity contribution is -0.137. The lowest BCUT2D eigenvalue weighted by atomic mass is 9.45. The maximum absolute atomic E-state index is 12.3. The van der Waals surface area contributed by atoms with Crippen molar-refractivity contribution >= 4 is 5.78 Å². The minimum absolute atomic E-state index is 0.117. The van der Waals surface area contributed by atoms with Crippen molar-refractivity contribution < 1.29 is 9.90 Å². The zero-order valence-electron chi connectivity index (χ0n) is 15.0. The highest BCUT2D eigenvalue weighted by Gasteiger charge is 2.60. The highest BCUT2D eigenvalue weighted by molar-refractivity contribution is 5.83. The van der Waals surface area contributed by atoms with Crippen LogP contribution >= 0.6 is 0 Å². The molecule has 0 aliphatic heterocycles. The van der Waals surface area contributed by atoms with E-state index in [1.54, 1.807) is 0 Å². The van der Waals surface area contributed by atoms with Gasteiger partial charge < -0.3 is 5.11 Å². The average Bonchev–Trinajstić information content (AvgIpc) is 2.91. The second-order valence-corrected chi connectivity index (χ2v) is 9.70. The molecular formula is C21H34O2. The van der Waals surface area contributed by atoms with Crippen molar-refractivity contribution in [3.05, 3.63) is 0 Å². The third kappa shape index (κ3) is 2.19. The van der Waals surface area contributed by atoms with Crippen LogP contribution in [0.1, 0.15) is 78.1 Å². The Morgan fingerprint density at radius 2 is 1.70 bits per heavy atom. The summed E-state index contributed by atoms with van der Waals surface area (Å²) in [5, 5.41) is 9.38. The van der Waals surface area contributed by atoms with Crippen molar-refractivity contribution in [1.82, 2.24) is 0 Å². The van der Waals surface area contributed by atoms with Crippen LogP contribution in [0.5, 0.6) is 0 Å². The maximum Gasteiger partial charge on any atom is 0.161 e. The number of carbonyl (C=O) groups is 1. The van der Waals surface area contributed by atoms with Crippen LogP contribution < -0.4 is 0 Å². The van der Waals surface area contributed by atoms with Gasteiger partial charge in [-0.2, -0.15) is 0 Å². The molecule has 2 heteroatoms. The third-order valence-electron chi connectivity index (χ3n) is 9.13. The quantitative estimate of drug-likeness (QED) is 0.808. The van der Waals surface area contributed by atoms with E-state index in [0.29, 0.717) is 5.41 Å². The minimum atomic E-state index is -0.249. The number of hydrogen-bond donors (Lipinski definition) is 1. The van der Waals surface area contributed by atoms with E-state index < -0.39 is 0 Å². The Morgan fingerprint density at radius 3 is 2.48 bits per heavy atom.